The Hall–Kier alpha value is -2.00. The summed E-state index contributed by atoms with van der Waals surface area (Å²) in [6.07, 6.45) is 1.95. The summed E-state index contributed by atoms with van der Waals surface area (Å²) in [4.78, 5) is 14.0. The number of carbonyl (C=O) groups excluding carboxylic acids is 1. The van der Waals surface area contributed by atoms with Gasteiger partial charge in [-0.15, -0.1) is 0 Å². The lowest BCUT2D eigenvalue weighted by molar-refractivity contribution is -0.112. The molecule has 1 aliphatic heterocycles. The highest BCUT2D eigenvalue weighted by Crippen LogP contribution is 2.38. The van der Waals surface area contributed by atoms with E-state index in [1.165, 1.54) is 17.3 Å². The van der Waals surface area contributed by atoms with E-state index in [2.05, 4.69) is 50.4 Å². The van der Waals surface area contributed by atoms with Gasteiger partial charge in [-0.25, -0.2) is 0 Å². The molecule has 1 aliphatic rings. The second-order valence-corrected chi connectivity index (χ2v) is 7.52. The van der Waals surface area contributed by atoms with Gasteiger partial charge in [0.05, 0.1) is 10.6 Å². The molecule has 0 saturated carbocycles. The van der Waals surface area contributed by atoms with Crippen molar-refractivity contribution in [3.05, 3.63) is 64.6 Å². The zero-order valence-electron chi connectivity index (χ0n) is 13.0. The van der Waals surface area contributed by atoms with Crippen molar-refractivity contribution in [2.24, 2.45) is 0 Å². The lowest BCUT2D eigenvalue weighted by atomic mass is 9.87. The van der Waals surface area contributed by atoms with Gasteiger partial charge in [-0.05, 0) is 34.8 Å². The van der Waals surface area contributed by atoms with Crippen molar-refractivity contribution < 1.29 is 4.79 Å². The highest BCUT2D eigenvalue weighted by Gasteiger charge is 2.20. The molecule has 1 N–H and O–H groups in total. The monoisotopic (exact) mass is 309 g/mol. The maximum absolute atomic E-state index is 12.2. The first-order valence-electron chi connectivity index (χ1n) is 7.34. The number of hydrogen-bond donors (Lipinski definition) is 1. The van der Waals surface area contributed by atoms with E-state index >= 15 is 0 Å². The number of nitrogens with one attached hydrogen (secondary N) is 1. The first-order chi connectivity index (χ1) is 10.4. The highest BCUT2D eigenvalue weighted by atomic mass is 32.2. The number of para-hydroxylation sites is 1. The molecule has 112 valence electrons. The van der Waals surface area contributed by atoms with E-state index in [1.807, 2.05) is 30.3 Å². The molecule has 2 aromatic carbocycles. The summed E-state index contributed by atoms with van der Waals surface area (Å²) in [6, 6.07) is 16.3. The minimum atomic E-state index is -0.0383. The van der Waals surface area contributed by atoms with Crippen molar-refractivity contribution in [1.29, 1.82) is 0 Å². The van der Waals surface area contributed by atoms with E-state index in [-0.39, 0.29) is 11.3 Å². The van der Waals surface area contributed by atoms with Gasteiger partial charge in [0, 0.05) is 4.90 Å². The second-order valence-electron chi connectivity index (χ2n) is 6.43. The Morgan fingerprint density at radius 1 is 1.00 bits per heavy atom. The number of hydrogen-bond acceptors (Lipinski definition) is 2. The molecule has 1 amide bonds. The molecule has 0 radical (unpaired) electrons. The summed E-state index contributed by atoms with van der Waals surface area (Å²) in [5.74, 6) is -0.0383. The van der Waals surface area contributed by atoms with Gasteiger partial charge in [-0.1, -0.05) is 68.9 Å². The summed E-state index contributed by atoms with van der Waals surface area (Å²) in [6.45, 7) is 6.59. The second kappa shape index (κ2) is 5.65. The molecule has 0 spiro atoms. The number of benzene rings is 2. The third kappa shape index (κ3) is 3.09. The Morgan fingerprint density at radius 2 is 1.68 bits per heavy atom. The Morgan fingerprint density at radius 3 is 2.36 bits per heavy atom. The predicted molar refractivity (Wildman–Crippen MR) is 94.0 cm³/mol. The third-order valence-electron chi connectivity index (χ3n) is 3.65. The van der Waals surface area contributed by atoms with Gasteiger partial charge in [-0.2, -0.15) is 0 Å². The van der Waals surface area contributed by atoms with Crippen molar-refractivity contribution in [3.8, 4) is 0 Å². The first kappa shape index (κ1) is 14.9. The Labute approximate surface area is 135 Å². The van der Waals surface area contributed by atoms with Gasteiger partial charge in [0.1, 0.15) is 0 Å². The van der Waals surface area contributed by atoms with Gasteiger partial charge >= 0.3 is 0 Å². The molecule has 0 aromatic heterocycles. The number of thioether (sulfide) groups is 1. The van der Waals surface area contributed by atoms with Crippen LogP contribution < -0.4 is 5.32 Å². The Balaban J connectivity index is 1.88. The molecular formula is C19H19NOS. The molecule has 0 saturated heterocycles. The quantitative estimate of drug-likeness (QED) is 0.745. The number of anilines is 1. The zero-order valence-corrected chi connectivity index (χ0v) is 13.8. The van der Waals surface area contributed by atoms with Gasteiger partial charge in [0.25, 0.3) is 5.91 Å². The van der Waals surface area contributed by atoms with Gasteiger partial charge in [0.2, 0.25) is 0 Å². The summed E-state index contributed by atoms with van der Waals surface area (Å²) < 4.78 is 0. The van der Waals surface area contributed by atoms with E-state index in [1.54, 1.807) is 0 Å². The van der Waals surface area contributed by atoms with Crippen molar-refractivity contribution in [2.45, 2.75) is 31.1 Å². The Kier molecular flexibility index (Phi) is 3.83. The summed E-state index contributed by atoms with van der Waals surface area (Å²) in [5, 5.41) is 2.94. The van der Waals surface area contributed by atoms with Crippen molar-refractivity contribution in [2.75, 3.05) is 5.32 Å². The minimum Gasteiger partial charge on any atom is -0.320 e. The fourth-order valence-electron chi connectivity index (χ4n) is 2.33. The molecule has 0 aliphatic carbocycles. The van der Waals surface area contributed by atoms with E-state index in [9.17, 15) is 4.79 Å². The summed E-state index contributed by atoms with van der Waals surface area (Å²) >= 11 is 1.52. The average Bonchev–Trinajstić information content (AvgIpc) is 2.48. The molecule has 2 nitrogen and oxygen atoms in total. The first-order valence-corrected chi connectivity index (χ1v) is 8.15. The standard InChI is InChI=1S/C19H19NOS/c1-19(2,3)14-10-8-13(9-11-14)12-17-18(21)20-15-6-4-5-7-16(15)22-17/h4-12H,1-3H3,(H,20,21). The van der Waals surface area contributed by atoms with Crippen LogP contribution in [0.2, 0.25) is 0 Å². The zero-order chi connectivity index (χ0) is 15.7. The van der Waals surface area contributed by atoms with Crippen LogP contribution >= 0.6 is 11.8 Å². The van der Waals surface area contributed by atoms with Crippen LogP contribution in [0.1, 0.15) is 31.9 Å². The molecule has 1 heterocycles. The summed E-state index contributed by atoms with van der Waals surface area (Å²) in [5.41, 5.74) is 3.37. The predicted octanol–water partition coefficient (Wildman–Crippen LogP) is 5.07. The number of carbonyl (C=O) groups is 1. The maximum Gasteiger partial charge on any atom is 0.262 e. The third-order valence-corrected chi connectivity index (χ3v) is 4.75. The topological polar surface area (TPSA) is 29.1 Å². The van der Waals surface area contributed by atoms with Crippen molar-refractivity contribution in [1.82, 2.24) is 0 Å². The van der Waals surface area contributed by atoms with Crippen LogP contribution in [0.15, 0.2) is 58.3 Å². The van der Waals surface area contributed by atoms with E-state index in [4.69, 9.17) is 0 Å². The molecule has 2 aromatic rings. The fourth-order valence-corrected chi connectivity index (χ4v) is 3.28. The van der Waals surface area contributed by atoms with E-state index in [0.29, 0.717) is 0 Å². The molecule has 0 bridgehead atoms. The lowest BCUT2D eigenvalue weighted by Gasteiger charge is -2.19. The lowest BCUT2D eigenvalue weighted by Crippen LogP contribution is -2.17. The maximum atomic E-state index is 12.2. The van der Waals surface area contributed by atoms with Gasteiger partial charge in [-0.3, -0.25) is 4.79 Å². The smallest absolute Gasteiger partial charge is 0.262 e. The normalized spacial score (nSPS) is 16.3. The van der Waals surface area contributed by atoms with Crippen molar-refractivity contribution >= 4 is 29.4 Å². The van der Waals surface area contributed by atoms with Crippen LogP contribution in [-0.4, -0.2) is 5.91 Å². The van der Waals surface area contributed by atoms with Crippen LogP contribution in [0.5, 0.6) is 0 Å². The van der Waals surface area contributed by atoms with Crippen LogP contribution in [0.25, 0.3) is 6.08 Å². The van der Waals surface area contributed by atoms with E-state index < -0.39 is 0 Å². The molecule has 3 rings (SSSR count). The molecule has 22 heavy (non-hydrogen) atoms. The molecule has 3 heteroatoms. The van der Waals surface area contributed by atoms with Crippen LogP contribution in [0.3, 0.4) is 0 Å². The largest absolute Gasteiger partial charge is 0.320 e. The summed E-state index contributed by atoms with van der Waals surface area (Å²) in [7, 11) is 0. The van der Waals surface area contributed by atoms with E-state index in [0.717, 1.165) is 21.1 Å². The molecule has 0 unspecified atom stereocenters. The van der Waals surface area contributed by atoms with Crippen LogP contribution in [-0.2, 0) is 10.2 Å². The minimum absolute atomic E-state index is 0.0383. The highest BCUT2D eigenvalue weighted by molar-refractivity contribution is 8.04. The number of fused-ring (bicyclic) bond motifs is 1. The molecule has 0 atom stereocenters. The number of rotatable bonds is 1. The molecule has 0 fully saturated rings. The van der Waals surface area contributed by atoms with Crippen LogP contribution in [0, 0.1) is 0 Å². The Bertz CT molecular complexity index is 739. The number of amides is 1. The SMILES string of the molecule is CC(C)(C)c1ccc(C=C2Sc3ccccc3NC2=O)cc1. The fraction of sp³-hybridized carbons (Fsp3) is 0.211. The van der Waals surface area contributed by atoms with Crippen LogP contribution in [0.4, 0.5) is 5.69 Å². The van der Waals surface area contributed by atoms with Crippen molar-refractivity contribution in [3.63, 3.8) is 0 Å². The van der Waals surface area contributed by atoms with Gasteiger partial charge in [0.15, 0.2) is 0 Å². The van der Waals surface area contributed by atoms with Gasteiger partial charge < -0.3 is 5.32 Å². The molecular weight excluding hydrogens is 290 g/mol. The average molecular weight is 309 g/mol.